The van der Waals surface area contributed by atoms with E-state index in [4.69, 9.17) is 4.74 Å². The minimum Gasteiger partial charge on any atom is -0.454 e. The fourth-order valence-electron chi connectivity index (χ4n) is 3.59. The van der Waals surface area contributed by atoms with Crippen molar-refractivity contribution in [2.45, 2.75) is 46.1 Å². The predicted octanol–water partition coefficient (Wildman–Crippen LogP) is 2.56. The second kappa shape index (κ2) is 3.81. The highest BCUT2D eigenvalue weighted by molar-refractivity contribution is 6.01. The van der Waals surface area contributed by atoms with E-state index in [9.17, 15) is 9.59 Å². The van der Waals surface area contributed by atoms with Gasteiger partial charge in [0.05, 0.1) is 0 Å². The summed E-state index contributed by atoms with van der Waals surface area (Å²) in [6, 6.07) is 0. The number of allylic oxidation sites excluding steroid dienone is 1. The molecule has 18 heavy (non-hydrogen) atoms. The maximum absolute atomic E-state index is 12.0. The fraction of sp³-hybridized carbons (Fsp3) is 0.600. The highest BCUT2D eigenvalue weighted by atomic mass is 16.5. The minimum atomic E-state index is -0.206. The van der Waals surface area contributed by atoms with Gasteiger partial charge in [-0.05, 0) is 49.7 Å². The molecule has 0 N–H and O–H groups in total. The second-order valence-electron chi connectivity index (χ2n) is 5.76. The molecule has 3 atom stereocenters. The largest absolute Gasteiger partial charge is 0.454 e. The first kappa shape index (κ1) is 11.7. The van der Waals surface area contributed by atoms with Gasteiger partial charge < -0.3 is 4.74 Å². The van der Waals surface area contributed by atoms with Crippen molar-refractivity contribution in [1.29, 1.82) is 0 Å². The molecule has 2 aliphatic carbocycles. The molecule has 0 unspecified atom stereocenters. The van der Waals surface area contributed by atoms with Crippen LogP contribution in [0.1, 0.15) is 40.0 Å². The van der Waals surface area contributed by atoms with E-state index < -0.39 is 0 Å². The lowest BCUT2D eigenvalue weighted by molar-refractivity contribution is -0.139. The first-order valence-corrected chi connectivity index (χ1v) is 6.66. The first-order chi connectivity index (χ1) is 8.50. The number of rotatable bonds is 0. The van der Waals surface area contributed by atoms with Crippen LogP contribution in [0.5, 0.6) is 0 Å². The van der Waals surface area contributed by atoms with Gasteiger partial charge in [0.1, 0.15) is 6.10 Å². The lowest BCUT2D eigenvalue weighted by atomic mass is 9.84. The van der Waals surface area contributed by atoms with E-state index in [0.717, 1.165) is 29.6 Å². The number of Topliss-reactive ketones (excluding diaryl/α,β-unsaturated/α-hetero) is 1. The zero-order valence-electron chi connectivity index (χ0n) is 11.1. The van der Waals surface area contributed by atoms with Crippen LogP contribution in [0.15, 0.2) is 22.3 Å². The third-order valence-electron chi connectivity index (χ3n) is 4.74. The molecule has 0 aromatic heterocycles. The molecule has 1 heterocycles. The van der Waals surface area contributed by atoms with Crippen molar-refractivity contribution in [3.05, 3.63) is 22.3 Å². The summed E-state index contributed by atoms with van der Waals surface area (Å²) in [5.74, 6) is 0.818. The molecule has 3 nitrogen and oxygen atoms in total. The monoisotopic (exact) mass is 246 g/mol. The van der Waals surface area contributed by atoms with Gasteiger partial charge in [-0.2, -0.15) is 0 Å². The van der Waals surface area contributed by atoms with E-state index in [1.54, 1.807) is 0 Å². The van der Waals surface area contributed by atoms with Gasteiger partial charge in [-0.25, -0.2) is 4.79 Å². The maximum Gasteiger partial charge on any atom is 0.334 e. The van der Waals surface area contributed by atoms with Crippen LogP contribution in [0.4, 0.5) is 0 Å². The third kappa shape index (κ3) is 1.43. The number of ether oxygens (including phenoxy) is 1. The van der Waals surface area contributed by atoms with Crippen LogP contribution in [-0.4, -0.2) is 17.9 Å². The molecule has 3 aliphatic rings. The molecule has 3 rings (SSSR count). The summed E-state index contributed by atoms with van der Waals surface area (Å²) in [7, 11) is 0. The Balaban J connectivity index is 2.19. The van der Waals surface area contributed by atoms with Crippen molar-refractivity contribution in [2.24, 2.45) is 11.8 Å². The lowest BCUT2D eigenvalue weighted by Crippen LogP contribution is -2.11. The van der Waals surface area contributed by atoms with Crippen molar-refractivity contribution in [1.82, 2.24) is 0 Å². The summed E-state index contributed by atoms with van der Waals surface area (Å²) < 4.78 is 5.44. The Kier molecular flexibility index (Phi) is 2.47. The standard InChI is InChI=1S/C15H18O3/c1-7-4-5-12-14(9(3)15(17)18-12)13-8(2)11(16)6-10(7)13/h7,10,12H,4-6H2,1-3H3/t7-,10+,12-/m1/s1. The van der Waals surface area contributed by atoms with Gasteiger partial charge in [0.25, 0.3) is 0 Å². The van der Waals surface area contributed by atoms with Crippen LogP contribution in [0.2, 0.25) is 0 Å². The van der Waals surface area contributed by atoms with Gasteiger partial charge in [-0.15, -0.1) is 0 Å². The van der Waals surface area contributed by atoms with Crippen molar-refractivity contribution >= 4 is 11.8 Å². The first-order valence-electron chi connectivity index (χ1n) is 6.66. The van der Waals surface area contributed by atoms with Crippen molar-refractivity contribution in [3.63, 3.8) is 0 Å². The minimum absolute atomic E-state index is 0.110. The maximum atomic E-state index is 12.0. The van der Waals surface area contributed by atoms with E-state index in [1.165, 1.54) is 0 Å². The number of carbonyl (C=O) groups is 2. The topological polar surface area (TPSA) is 43.4 Å². The molecule has 0 radical (unpaired) electrons. The summed E-state index contributed by atoms with van der Waals surface area (Å²) in [4.78, 5) is 23.7. The van der Waals surface area contributed by atoms with Crippen LogP contribution in [0, 0.1) is 11.8 Å². The number of esters is 1. The Morgan fingerprint density at radius 1 is 1.06 bits per heavy atom. The average molecular weight is 246 g/mol. The SMILES string of the molecule is CC1=C2C3=C(C)C(=O)O[C@@H]3CC[C@@H](C)[C@@H]2CC1=O. The number of hydrogen-bond donors (Lipinski definition) is 0. The van der Waals surface area contributed by atoms with E-state index in [0.29, 0.717) is 23.8 Å². The second-order valence-corrected chi connectivity index (χ2v) is 5.76. The Hall–Kier alpha value is -1.38. The number of hydrogen-bond acceptors (Lipinski definition) is 3. The quantitative estimate of drug-likeness (QED) is 0.617. The van der Waals surface area contributed by atoms with Gasteiger partial charge in [0.2, 0.25) is 0 Å². The van der Waals surface area contributed by atoms with E-state index in [2.05, 4.69) is 6.92 Å². The molecule has 0 bridgehead atoms. The highest BCUT2D eigenvalue weighted by Gasteiger charge is 2.44. The molecule has 1 saturated carbocycles. The normalized spacial score (nSPS) is 35.6. The van der Waals surface area contributed by atoms with Gasteiger partial charge in [-0.1, -0.05) is 6.92 Å². The Morgan fingerprint density at radius 2 is 1.78 bits per heavy atom. The summed E-state index contributed by atoms with van der Waals surface area (Å²) >= 11 is 0. The number of ketones is 1. The van der Waals surface area contributed by atoms with Crippen LogP contribution in [0.3, 0.4) is 0 Å². The zero-order chi connectivity index (χ0) is 13.0. The Labute approximate surface area is 107 Å². The van der Waals surface area contributed by atoms with Gasteiger partial charge >= 0.3 is 5.97 Å². The van der Waals surface area contributed by atoms with E-state index in [1.807, 2.05) is 13.8 Å². The molecule has 0 aromatic carbocycles. The summed E-state index contributed by atoms with van der Waals surface area (Å²) in [6.07, 6.45) is 2.41. The van der Waals surface area contributed by atoms with Crippen molar-refractivity contribution < 1.29 is 14.3 Å². The zero-order valence-corrected chi connectivity index (χ0v) is 11.1. The van der Waals surface area contributed by atoms with Crippen LogP contribution < -0.4 is 0 Å². The molecular formula is C15H18O3. The van der Waals surface area contributed by atoms with E-state index in [-0.39, 0.29) is 17.9 Å². The van der Waals surface area contributed by atoms with Crippen molar-refractivity contribution in [2.75, 3.05) is 0 Å². The average Bonchev–Trinajstić information content (AvgIpc) is 2.71. The fourth-order valence-corrected chi connectivity index (χ4v) is 3.59. The van der Waals surface area contributed by atoms with Crippen LogP contribution in [0.25, 0.3) is 0 Å². The summed E-state index contributed by atoms with van der Waals surface area (Å²) in [5, 5.41) is 0. The van der Waals surface area contributed by atoms with Gasteiger partial charge in [0, 0.05) is 17.6 Å². The molecule has 3 heteroatoms. The summed E-state index contributed by atoms with van der Waals surface area (Å²) in [5.41, 5.74) is 3.71. The van der Waals surface area contributed by atoms with Gasteiger partial charge in [-0.3, -0.25) is 4.79 Å². The molecule has 0 saturated heterocycles. The van der Waals surface area contributed by atoms with Gasteiger partial charge in [0.15, 0.2) is 5.78 Å². The summed E-state index contributed by atoms with van der Waals surface area (Å²) in [6.45, 7) is 5.93. The molecular weight excluding hydrogens is 228 g/mol. The lowest BCUT2D eigenvalue weighted by Gasteiger charge is -2.19. The predicted molar refractivity (Wildman–Crippen MR) is 66.8 cm³/mol. The molecule has 1 fully saturated rings. The highest BCUT2D eigenvalue weighted by Crippen LogP contribution is 2.48. The van der Waals surface area contributed by atoms with Crippen LogP contribution >= 0.6 is 0 Å². The smallest absolute Gasteiger partial charge is 0.334 e. The molecule has 96 valence electrons. The number of carbonyl (C=O) groups excluding carboxylic acids is 2. The molecule has 0 aromatic rings. The molecule has 0 spiro atoms. The Morgan fingerprint density at radius 3 is 2.50 bits per heavy atom. The third-order valence-corrected chi connectivity index (χ3v) is 4.74. The van der Waals surface area contributed by atoms with E-state index >= 15 is 0 Å². The van der Waals surface area contributed by atoms with Crippen molar-refractivity contribution in [3.8, 4) is 0 Å². The van der Waals surface area contributed by atoms with Crippen LogP contribution in [-0.2, 0) is 14.3 Å². The molecule has 0 amide bonds. The number of fused-ring (bicyclic) bond motifs is 3. The molecule has 1 aliphatic heterocycles. The Bertz CT molecular complexity index is 510.